The molecule has 15 heteroatoms. The van der Waals surface area contributed by atoms with Gasteiger partial charge in [0.25, 0.3) is 0 Å². The number of Topliss-reactive ketones (excluding diaryl/α,β-unsaturated/α-hetero) is 1. The fourth-order valence-corrected chi connectivity index (χ4v) is 12.4. The van der Waals surface area contributed by atoms with E-state index in [-0.39, 0.29) is 43.5 Å². The van der Waals surface area contributed by atoms with E-state index < -0.39 is 107 Å². The van der Waals surface area contributed by atoms with Gasteiger partial charge >= 0.3 is 5.97 Å². The second-order valence-corrected chi connectivity index (χ2v) is 21.0. The van der Waals surface area contributed by atoms with Gasteiger partial charge in [-0.3, -0.25) is 9.59 Å². The van der Waals surface area contributed by atoms with Crippen molar-refractivity contribution in [1.29, 1.82) is 0 Å². The minimum atomic E-state index is -1.97. The van der Waals surface area contributed by atoms with Gasteiger partial charge in [-0.05, 0) is 90.9 Å². The van der Waals surface area contributed by atoms with E-state index in [1.54, 1.807) is 13.8 Å². The van der Waals surface area contributed by atoms with Crippen LogP contribution in [0.25, 0.3) is 0 Å². The van der Waals surface area contributed by atoms with Crippen LogP contribution < -0.4 is 0 Å². The van der Waals surface area contributed by atoms with Gasteiger partial charge in [0.05, 0.1) is 36.4 Å². The highest BCUT2D eigenvalue weighted by molar-refractivity contribution is 5.87. The van der Waals surface area contributed by atoms with Crippen molar-refractivity contribution in [3.8, 4) is 0 Å². The molecule has 9 aliphatic rings. The lowest BCUT2D eigenvalue weighted by Gasteiger charge is -2.46. The van der Waals surface area contributed by atoms with E-state index >= 15 is 0 Å². The molecule has 62 heavy (non-hydrogen) atoms. The SMILES string of the molecule is CC1=C\C(C)CC2(C)CCC(O2)C23CCC(C=O)(CC(O2)C2OC(C)(CC2=O)C(O)C2CCC4(CCCC(O4)C(C)C(=O)OC4CC(C5(O)OCCC(C)C5O)OC4\C=C\1)O2)O3. The Labute approximate surface area is 364 Å². The lowest BCUT2D eigenvalue weighted by molar-refractivity contribution is -0.354. The largest absolute Gasteiger partial charge is 0.459 e. The van der Waals surface area contributed by atoms with E-state index in [9.17, 15) is 29.7 Å². The number of aliphatic hydroxyl groups is 3. The third kappa shape index (κ3) is 8.00. The average Bonchev–Trinajstić information content (AvgIpc) is 4.06. The second-order valence-electron chi connectivity index (χ2n) is 21.0. The van der Waals surface area contributed by atoms with Crippen LogP contribution >= 0.6 is 0 Å². The van der Waals surface area contributed by atoms with Crippen molar-refractivity contribution >= 4 is 18.0 Å². The Morgan fingerprint density at radius 2 is 1.60 bits per heavy atom. The Bertz CT molecular complexity index is 1800. The van der Waals surface area contributed by atoms with Crippen LogP contribution in [0.4, 0.5) is 0 Å². The van der Waals surface area contributed by atoms with Crippen LogP contribution in [-0.2, 0) is 57.0 Å². The minimum Gasteiger partial charge on any atom is -0.459 e. The average molecular weight is 873 g/mol. The summed E-state index contributed by atoms with van der Waals surface area (Å²) in [7, 11) is 0. The Morgan fingerprint density at radius 3 is 2.39 bits per heavy atom. The summed E-state index contributed by atoms with van der Waals surface area (Å²) in [5.41, 5.74) is -2.03. The van der Waals surface area contributed by atoms with Gasteiger partial charge in [0, 0.05) is 38.5 Å². The van der Waals surface area contributed by atoms with Crippen molar-refractivity contribution in [2.24, 2.45) is 17.8 Å². The Kier molecular flexibility index (Phi) is 11.9. The molecule has 0 radical (unpaired) electrons. The van der Waals surface area contributed by atoms with Gasteiger partial charge < -0.3 is 62.7 Å². The van der Waals surface area contributed by atoms with E-state index in [1.807, 2.05) is 26.0 Å². The summed E-state index contributed by atoms with van der Waals surface area (Å²) in [5, 5.41) is 34.8. The number of fused-ring (bicyclic) bond motifs is 10. The molecule has 19 atom stereocenters. The highest BCUT2D eigenvalue weighted by atomic mass is 16.8. The number of aldehydes is 1. The Hall–Kier alpha value is -2.15. The number of ether oxygens (including phenoxy) is 9. The van der Waals surface area contributed by atoms with Crippen molar-refractivity contribution in [2.45, 2.75) is 227 Å². The molecule has 8 fully saturated rings. The second kappa shape index (κ2) is 16.3. The minimum absolute atomic E-state index is 0.0637. The third-order valence-electron chi connectivity index (χ3n) is 15.9. The van der Waals surface area contributed by atoms with E-state index in [2.05, 4.69) is 19.9 Å². The number of ketones is 1. The van der Waals surface area contributed by atoms with Gasteiger partial charge in [-0.25, -0.2) is 0 Å². The van der Waals surface area contributed by atoms with E-state index in [1.165, 1.54) is 0 Å². The maximum Gasteiger partial charge on any atom is 0.311 e. The van der Waals surface area contributed by atoms with Crippen LogP contribution in [0.3, 0.4) is 0 Å². The Balaban J connectivity index is 1.01. The summed E-state index contributed by atoms with van der Waals surface area (Å²) in [5.74, 6) is -5.79. The number of rotatable bonds is 2. The molecule has 3 N–H and O–H groups in total. The van der Waals surface area contributed by atoms with Crippen molar-refractivity contribution < 1.29 is 72.3 Å². The zero-order chi connectivity index (χ0) is 44.0. The number of carbonyl (C=O) groups excluding carboxylic acids is 3. The lowest BCUT2D eigenvalue weighted by atomic mass is 9.87. The van der Waals surface area contributed by atoms with Crippen LogP contribution in [0, 0.1) is 17.8 Å². The molecule has 0 amide bonds. The van der Waals surface area contributed by atoms with Crippen LogP contribution in [0.1, 0.15) is 131 Å². The molecule has 9 rings (SSSR count). The fraction of sp³-hybridized carbons (Fsp3) is 0.851. The molecular formula is C47H68O15. The van der Waals surface area contributed by atoms with Crippen molar-refractivity contribution in [3.63, 3.8) is 0 Å². The summed E-state index contributed by atoms with van der Waals surface area (Å²) in [4.78, 5) is 40.7. The molecule has 0 aromatic heterocycles. The van der Waals surface area contributed by atoms with Crippen molar-refractivity contribution in [3.05, 3.63) is 23.8 Å². The van der Waals surface area contributed by atoms with Gasteiger partial charge in [0.2, 0.25) is 5.79 Å². The first-order valence-corrected chi connectivity index (χ1v) is 23.3. The zero-order valence-corrected chi connectivity index (χ0v) is 37.2. The number of hydrogen-bond donors (Lipinski definition) is 3. The first-order chi connectivity index (χ1) is 29.3. The van der Waals surface area contributed by atoms with Crippen LogP contribution in [0.5, 0.6) is 0 Å². The van der Waals surface area contributed by atoms with Crippen LogP contribution in [0.15, 0.2) is 23.8 Å². The summed E-state index contributed by atoms with van der Waals surface area (Å²) >= 11 is 0. The van der Waals surface area contributed by atoms with Gasteiger partial charge in [-0.15, -0.1) is 0 Å². The van der Waals surface area contributed by atoms with E-state index in [0.29, 0.717) is 57.8 Å². The fourth-order valence-electron chi connectivity index (χ4n) is 12.4. The molecule has 19 unspecified atom stereocenters. The first kappa shape index (κ1) is 45.0. The molecule has 0 aromatic carbocycles. The third-order valence-corrected chi connectivity index (χ3v) is 15.9. The highest BCUT2D eigenvalue weighted by Crippen LogP contribution is 2.55. The summed E-state index contributed by atoms with van der Waals surface area (Å²) in [6.07, 6.45) is 4.86. The van der Waals surface area contributed by atoms with Crippen LogP contribution in [-0.4, -0.2) is 135 Å². The van der Waals surface area contributed by atoms with Gasteiger partial charge in [-0.2, -0.15) is 0 Å². The number of carbonyl (C=O) groups is 3. The highest BCUT2D eigenvalue weighted by Gasteiger charge is 2.66. The predicted octanol–water partition coefficient (Wildman–Crippen LogP) is 4.43. The van der Waals surface area contributed by atoms with Gasteiger partial charge in [0.15, 0.2) is 23.6 Å². The molecule has 10 bridgehead atoms. The summed E-state index contributed by atoms with van der Waals surface area (Å²) in [6.45, 7) is 11.8. The molecule has 346 valence electrons. The molecule has 0 saturated carbocycles. The quantitative estimate of drug-likeness (QED) is 0.260. The normalized spacial score (nSPS) is 54.9. The van der Waals surface area contributed by atoms with Gasteiger partial charge in [0.1, 0.15) is 53.9 Å². The molecule has 9 heterocycles. The van der Waals surface area contributed by atoms with E-state index in [0.717, 1.165) is 24.7 Å². The van der Waals surface area contributed by atoms with E-state index in [4.69, 9.17) is 42.6 Å². The maximum absolute atomic E-state index is 14.1. The molecule has 15 nitrogen and oxygen atoms in total. The maximum atomic E-state index is 14.1. The monoisotopic (exact) mass is 872 g/mol. The topological polar surface area (TPSA) is 195 Å². The summed E-state index contributed by atoms with van der Waals surface area (Å²) < 4.78 is 58.5. The smallest absolute Gasteiger partial charge is 0.311 e. The number of esters is 1. The standard InChI is InChI=1S/C47H68O15/c1-26-9-10-32-34(21-37(55-32)47(53)39(50)28(3)13-19-54-47)56-41(52)29(4)31-8-7-14-45(57-31)16-11-33(58-45)40(51)43(6)23-30(49)38(61-43)35-24-44(25-48)17-18-46(59-35,62-44)36-12-15-42(5,60-36)22-27(2)20-26/h9-10,20,25,27-29,31-40,50-51,53H,7-8,11-19,21-24H2,1-6H3/b10-9+,26-20+. The predicted molar refractivity (Wildman–Crippen MR) is 218 cm³/mol. The zero-order valence-electron chi connectivity index (χ0n) is 37.2. The first-order valence-electron chi connectivity index (χ1n) is 23.3. The van der Waals surface area contributed by atoms with Gasteiger partial charge in [-0.1, -0.05) is 37.6 Å². The molecule has 8 saturated heterocycles. The molecule has 0 aromatic rings. The number of allylic oxidation sites excluding steroid dienone is 3. The molecule has 0 aliphatic carbocycles. The lowest BCUT2D eigenvalue weighted by Crippen LogP contribution is -2.59. The molecule has 2 spiro atoms. The molecular weight excluding hydrogens is 805 g/mol. The summed E-state index contributed by atoms with van der Waals surface area (Å²) in [6, 6.07) is 0. The number of aliphatic hydroxyl groups excluding tert-OH is 2. The van der Waals surface area contributed by atoms with Crippen LogP contribution in [0.2, 0.25) is 0 Å². The van der Waals surface area contributed by atoms with Crippen molar-refractivity contribution in [1.82, 2.24) is 0 Å². The number of hydrogen-bond acceptors (Lipinski definition) is 15. The van der Waals surface area contributed by atoms with Crippen molar-refractivity contribution in [2.75, 3.05) is 6.61 Å². The molecule has 9 aliphatic heterocycles. The Morgan fingerprint density at radius 1 is 0.806 bits per heavy atom.